The number of carbonyl (C=O) groups excluding carboxylic acids is 2. The molecule has 2 rings (SSSR count). The van der Waals surface area contributed by atoms with Crippen molar-refractivity contribution in [2.75, 3.05) is 19.6 Å². The lowest BCUT2D eigenvalue weighted by molar-refractivity contribution is -0.137. The molecule has 5 nitrogen and oxygen atoms in total. The SMILES string of the molecule is C=CCNCC(=O)N1CCCC1C(=O)NC1CC1. The van der Waals surface area contributed by atoms with E-state index in [0.717, 1.165) is 25.7 Å². The Balaban J connectivity index is 1.83. The molecule has 2 fully saturated rings. The Kier molecular flexibility index (Phi) is 4.36. The molecule has 0 aromatic carbocycles. The van der Waals surface area contributed by atoms with Gasteiger partial charge >= 0.3 is 0 Å². The van der Waals surface area contributed by atoms with Gasteiger partial charge in [0.05, 0.1) is 6.54 Å². The normalized spacial score (nSPS) is 22.9. The van der Waals surface area contributed by atoms with Crippen LogP contribution in [-0.2, 0) is 9.59 Å². The molecule has 1 aliphatic heterocycles. The molecular weight excluding hydrogens is 230 g/mol. The molecule has 0 radical (unpaired) electrons. The third kappa shape index (κ3) is 3.32. The predicted octanol–water partition coefficient (Wildman–Crippen LogP) is 0.0316. The monoisotopic (exact) mass is 251 g/mol. The van der Waals surface area contributed by atoms with E-state index < -0.39 is 0 Å². The molecule has 1 heterocycles. The van der Waals surface area contributed by atoms with Gasteiger partial charge in [-0.25, -0.2) is 0 Å². The molecule has 18 heavy (non-hydrogen) atoms. The van der Waals surface area contributed by atoms with Gasteiger partial charge in [0.15, 0.2) is 0 Å². The van der Waals surface area contributed by atoms with Crippen LogP contribution in [0.4, 0.5) is 0 Å². The Morgan fingerprint density at radius 2 is 2.11 bits per heavy atom. The zero-order valence-corrected chi connectivity index (χ0v) is 10.7. The Morgan fingerprint density at radius 3 is 2.78 bits per heavy atom. The fourth-order valence-electron chi connectivity index (χ4n) is 2.25. The fraction of sp³-hybridized carbons (Fsp3) is 0.692. The van der Waals surface area contributed by atoms with Gasteiger partial charge < -0.3 is 15.5 Å². The number of rotatable bonds is 6. The van der Waals surface area contributed by atoms with E-state index in [2.05, 4.69) is 17.2 Å². The van der Waals surface area contributed by atoms with Crippen molar-refractivity contribution in [2.24, 2.45) is 0 Å². The first kappa shape index (κ1) is 13.1. The quantitative estimate of drug-likeness (QED) is 0.517. The zero-order chi connectivity index (χ0) is 13.0. The second kappa shape index (κ2) is 6.00. The molecule has 100 valence electrons. The molecule has 1 atom stereocenters. The van der Waals surface area contributed by atoms with Crippen LogP contribution in [0.1, 0.15) is 25.7 Å². The first-order valence-electron chi connectivity index (χ1n) is 6.64. The van der Waals surface area contributed by atoms with Crippen LogP contribution in [0.15, 0.2) is 12.7 Å². The van der Waals surface area contributed by atoms with E-state index in [1.54, 1.807) is 11.0 Å². The first-order valence-corrected chi connectivity index (χ1v) is 6.64. The molecule has 0 aromatic heterocycles. The summed E-state index contributed by atoms with van der Waals surface area (Å²) in [6.07, 6.45) is 5.57. The van der Waals surface area contributed by atoms with Gasteiger partial charge in [0.1, 0.15) is 6.04 Å². The van der Waals surface area contributed by atoms with Crippen LogP contribution in [0.3, 0.4) is 0 Å². The van der Waals surface area contributed by atoms with Crippen LogP contribution in [0.25, 0.3) is 0 Å². The summed E-state index contributed by atoms with van der Waals surface area (Å²) >= 11 is 0. The van der Waals surface area contributed by atoms with Gasteiger partial charge in [0.25, 0.3) is 0 Å². The lowest BCUT2D eigenvalue weighted by Crippen LogP contribution is -2.48. The smallest absolute Gasteiger partial charge is 0.243 e. The number of amides is 2. The van der Waals surface area contributed by atoms with E-state index >= 15 is 0 Å². The molecule has 1 unspecified atom stereocenters. The van der Waals surface area contributed by atoms with E-state index in [0.29, 0.717) is 19.1 Å². The highest BCUT2D eigenvalue weighted by molar-refractivity contribution is 5.89. The van der Waals surface area contributed by atoms with E-state index in [4.69, 9.17) is 0 Å². The van der Waals surface area contributed by atoms with Crippen molar-refractivity contribution >= 4 is 11.8 Å². The minimum absolute atomic E-state index is 0.00490. The van der Waals surface area contributed by atoms with E-state index in [1.807, 2.05) is 0 Å². The number of hydrogen-bond donors (Lipinski definition) is 2. The number of carbonyl (C=O) groups is 2. The summed E-state index contributed by atoms with van der Waals surface area (Å²) in [5, 5.41) is 5.96. The molecule has 0 spiro atoms. The van der Waals surface area contributed by atoms with E-state index in [1.165, 1.54) is 0 Å². The number of likely N-dealkylation sites (tertiary alicyclic amines) is 1. The summed E-state index contributed by atoms with van der Waals surface area (Å²) in [6.45, 7) is 5.16. The van der Waals surface area contributed by atoms with E-state index in [9.17, 15) is 9.59 Å². The van der Waals surface area contributed by atoms with Crippen LogP contribution < -0.4 is 10.6 Å². The van der Waals surface area contributed by atoms with Crippen molar-refractivity contribution in [1.82, 2.24) is 15.5 Å². The van der Waals surface area contributed by atoms with E-state index in [-0.39, 0.29) is 24.4 Å². The maximum Gasteiger partial charge on any atom is 0.243 e. The molecule has 1 saturated heterocycles. The van der Waals surface area contributed by atoms with Gasteiger partial charge in [-0.15, -0.1) is 6.58 Å². The third-order valence-corrected chi connectivity index (χ3v) is 3.36. The van der Waals surface area contributed by atoms with Gasteiger partial charge in [0.2, 0.25) is 11.8 Å². The lowest BCUT2D eigenvalue weighted by atomic mass is 10.2. The van der Waals surface area contributed by atoms with Gasteiger partial charge in [-0.1, -0.05) is 6.08 Å². The van der Waals surface area contributed by atoms with Crippen molar-refractivity contribution in [3.8, 4) is 0 Å². The summed E-state index contributed by atoms with van der Waals surface area (Å²) in [5.41, 5.74) is 0. The van der Waals surface area contributed by atoms with Gasteiger partial charge in [-0.2, -0.15) is 0 Å². The Labute approximate surface area is 108 Å². The highest BCUT2D eigenvalue weighted by Crippen LogP contribution is 2.22. The van der Waals surface area contributed by atoms with Gasteiger partial charge in [-0.05, 0) is 25.7 Å². The molecule has 2 N–H and O–H groups in total. The van der Waals surface area contributed by atoms with Crippen molar-refractivity contribution < 1.29 is 9.59 Å². The Hall–Kier alpha value is -1.36. The molecular formula is C13H21N3O2. The number of hydrogen-bond acceptors (Lipinski definition) is 3. The second-order valence-electron chi connectivity index (χ2n) is 4.95. The summed E-state index contributed by atoms with van der Waals surface area (Å²) in [6, 6.07) is 0.0950. The first-order chi connectivity index (χ1) is 8.72. The third-order valence-electron chi connectivity index (χ3n) is 3.36. The van der Waals surface area contributed by atoms with Crippen LogP contribution >= 0.6 is 0 Å². The molecule has 2 aliphatic rings. The standard InChI is InChI=1S/C13H21N3O2/c1-2-7-14-9-12(17)16-8-3-4-11(16)13(18)15-10-5-6-10/h2,10-11,14H,1,3-9H2,(H,15,18). The lowest BCUT2D eigenvalue weighted by Gasteiger charge is -2.24. The van der Waals surface area contributed by atoms with Crippen LogP contribution in [-0.4, -0.2) is 48.4 Å². The maximum absolute atomic E-state index is 12.0. The topological polar surface area (TPSA) is 61.4 Å². The van der Waals surface area contributed by atoms with Crippen LogP contribution in [0.5, 0.6) is 0 Å². The molecule has 1 aliphatic carbocycles. The van der Waals surface area contributed by atoms with Crippen LogP contribution in [0.2, 0.25) is 0 Å². The van der Waals surface area contributed by atoms with Crippen molar-refractivity contribution in [3.05, 3.63) is 12.7 Å². The largest absolute Gasteiger partial charge is 0.352 e. The molecule has 1 saturated carbocycles. The summed E-state index contributed by atoms with van der Waals surface area (Å²) in [7, 11) is 0. The van der Waals surface area contributed by atoms with Crippen molar-refractivity contribution in [2.45, 2.75) is 37.8 Å². The minimum atomic E-state index is -0.261. The molecule has 0 aromatic rings. The second-order valence-corrected chi connectivity index (χ2v) is 4.95. The number of nitrogens with zero attached hydrogens (tertiary/aromatic N) is 1. The highest BCUT2D eigenvalue weighted by Gasteiger charge is 2.35. The maximum atomic E-state index is 12.0. The average Bonchev–Trinajstić information content (AvgIpc) is 3.02. The molecule has 0 bridgehead atoms. The Bertz CT molecular complexity index is 339. The van der Waals surface area contributed by atoms with Crippen molar-refractivity contribution in [1.29, 1.82) is 0 Å². The van der Waals surface area contributed by atoms with Crippen LogP contribution in [0, 0.1) is 0 Å². The van der Waals surface area contributed by atoms with Gasteiger partial charge in [-0.3, -0.25) is 9.59 Å². The van der Waals surface area contributed by atoms with Crippen molar-refractivity contribution in [3.63, 3.8) is 0 Å². The summed E-state index contributed by atoms with van der Waals surface area (Å²) in [4.78, 5) is 25.7. The molecule has 5 heteroatoms. The molecule has 2 amide bonds. The number of nitrogens with one attached hydrogen (secondary N) is 2. The summed E-state index contributed by atoms with van der Waals surface area (Å²) < 4.78 is 0. The Morgan fingerprint density at radius 1 is 1.33 bits per heavy atom. The average molecular weight is 251 g/mol. The minimum Gasteiger partial charge on any atom is -0.352 e. The predicted molar refractivity (Wildman–Crippen MR) is 69.0 cm³/mol. The zero-order valence-electron chi connectivity index (χ0n) is 10.7. The fourth-order valence-corrected chi connectivity index (χ4v) is 2.25. The summed E-state index contributed by atoms with van der Waals surface area (Å²) in [5.74, 6) is 0.0253. The highest BCUT2D eigenvalue weighted by atomic mass is 16.2. The van der Waals surface area contributed by atoms with Gasteiger partial charge in [0, 0.05) is 19.1 Å².